The zero-order valence-corrected chi connectivity index (χ0v) is 13.6. The number of amides is 2. The minimum absolute atomic E-state index is 0.0984. The third-order valence-corrected chi connectivity index (χ3v) is 4.13. The van der Waals surface area contributed by atoms with Crippen LogP contribution >= 0.6 is 0 Å². The average molecular weight is 312 g/mol. The number of rotatable bonds is 1. The van der Waals surface area contributed by atoms with Crippen molar-refractivity contribution in [1.29, 1.82) is 0 Å². The molecule has 0 aromatic carbocycles. The van der Waals surface area contributed by atoms with E-state index in [0.29, 0.717) is 13.0 Å². The smallest absolute Gasteiger partial charge is 0.411 e. The Morgan fingerprint density at radius 2 is 2.05 bits per heavy atom. The Hall–Kier alpha value is -1.79. The summed E-state index contributed by atoms with van der Waals surface area (Å²) in [7, 11) is 1.28. The molecule has 2 fully saturated rings. The summed E-state index contributed by atoms with van der Waals surface area (Å²) in [5.41, 5.74) is -1.38. The summed E-state index contributed by atoms with van der Waals surface area (Å²) in [4.78, 5) is 38.0. The molecule has 0 radical (unpaired) electrons. The van der Waals surface area contributed by atoms with Crippen LogP contribution in [0.4, 0.5) is 4.79 Å². The number of ether oxygens (including phenoxy) is 2. The van der Waals surface area contributed by atoms with Gasteiger partial charge in [0.15, 0.2) is 0 Å². The topological polar surface area (TPSA) is 84.9 Å². The molecule has 7 heteroatoms. The standard InChI is InChI=1S/C15H24N2O5/c1-14(2,3)22-13(20)17-9-15(6-5-7-16-12(15)19)8-10(17)11(18)21-4/h10H,5-9H2,1-4H3,(H,16,19)/t10-,15-/m0/s1. The number of hydrogen-bond acceptors (Lipinski definition) is 5. The van der Waals surface area contributed by atoms with Gasteiger partial charge >= 0.3 is 12.1 Å². The minimum Gasteiger partial charge on any atom is -0.467 e. The maximum absolute atomic E-state index is 12.4. The molecule has 2 aliphatic heterocycles. The molecule has 2 atom stereocenters. The molecule has 0 unspecified atom stereocenters. The second-order valence-corrected chi connectivity index (χ2v) is 6.99. The van der Waals surface area contributed by atoms with E-state index in [1.54, 1.807) is 20.8 Å². The summed E-state index contributed by atoms with van der Waals surface area (Å²) < 4.78 is 10.2. The van der Waals surface area contributed by atoms with Crippen LogP contribution in [0.2, 0.25) is 0 Å². The van der Waals surface area contributed by atoms with Crippen molar-refractivity contribution in [2.45, 2.75) is 51.7 Å². The highest BCUT2D eigenvalue weighted by atomic mass is 16.6. The van der Waals surface area contributed by atoms with Crippen LogP contribution in [-0.2, 0) is 19.1 Å². The molecule has 2 amide bonds. The highest BCUT2D eigenvalue weighted by Crippen LogP contribution is 2.41. The Bertz CT molecular complexity index is 485. The van der Waals surface area contributed by atoms with Crippen LogP contribution in [0.5, 0.6) is 0 Å². The minimum atomic E-state index is -0.774. The summed E-state index contributed by atoms with van der Waals surface area (Å²) in [5.74, 6) is -0.611. The zero-order chi connectivity index (χ0) is 16.5. The lowest BCUT2D eigenvalue weighted by Crippen LogP contribution is -2.48. The average Bonchev–Trinajstić information content (AvgIpc) is 2.81. The van der Waals surface area contributed by atoms with E-state index >= 15 is 0 Å². The molecule has 7 nitrogen and oxygen atoms in total. The van der Waals surface area contributed by atoms with Crippen molar-refractivity contribution in [3.8, 4) is 0 Å². The Balaban J connectivity index is 2.24. The molecule has 1 N–H and O–H groups in total. The molecule has 22 heavy (non-hydrogen) atoms. The van der Waals surface area contributed by atoms with Crippen molar-refractivity contribution in [2.24, 2.45) is 5.41 Å². The van der Waals surface area contributed by atoms with Crippen LogP contribution in [0.3, 0.4) is 0 Å². The fourth-order valence-corrected chi connectivity index (χ4v) is 3.12. The largest absolute Gasteiger partial charge is 0.467 e. The predicted molar refractivity (Wildman–Crippen MR) is 78.0 cm³/mol. The summed E-state index contributed by atoms with van der Waals surface area (Å²) in [6.07, 6.45) is 1.19. The monoisotopic (exact) mass is 312 g/mol. The number of piperidine rings is 1. The molecule has 2 saturated heterocycles. The summed E-state index contributed by atoms with van der Waals surface area (Å²) in [6.45, 7) is 6.11. The molecule has 0 saturated carbocycles. The van der Waals surface area contributed by atoms with Crippen molar-refractivity contribution < 1.29 is 23.9 Å². The Kier molecular flexibility index (Phi) is 4.35. The van der Waals surface area contributed by atoms with Crippen molar-refractivity contribution in [3.63, 3.8) is 0 Å². The number of nitrogens with zero attached hydrogens (tertiary/aromatic N) is 1. The van der Waals surface area contributed by atoms with E-state index < -0.39 is 29.1 Å². The van der Waals surface area contributed by atoms with E-state index in [0.717, 1.165) is 6.42 Å². The second kappa shape index (κ2) is 5.78. The molecule has 0 bridgehead atoms. The number of carbonyl (C=O) groups is 3. The van der Waals surface area contributed by atoms with Crippen LogP contribution in [0.15, 0.2) is 0 Å². The number of carbonyl (C=O) groups excluding carboxylic acids is 3. The summed E-state index contributed by atoms with van der Waals surface area (Å²) in [5, 5.41) is 2.83. The van der Waals surface area contributed by atoms with Crippen LogP contribution in [-0.4, -0.2) is 54.7 Å². The normalized spacial score (nSPS) is 28.5. The molecule has 0 aromatic heterocycles. The van der Waals surface area contributed by atoms with Gasteiger partial charge in [0.05, 0.1) is 12.5 Å². The first-order valence-electron chi connectivity index (χ1n) is 7.54. The van der Waals surface area contributed by atoms with Crippen molar-refractivity contribution in [1.82, 2.24) is 10.2 Å². The van der Waals surface area contributed by atoms with Gasteiger partial charge in [-0.2, -0.15) is 0 Å². The molecular formula is C15H24N2O5. The van der Waals surface area contributed by atoms with Crippen LogP contribution < -0.4 is 5.32 Å². The maximum Gasteiger partial charge on any atom is 0.411 e. The van der Waals surface area contributed by atoms with Gasteiger partial charge in [-0.15, -0.1) is 0 Å². The van der Waals surface area contributed by atoms with Gasteiger partial charge in [-0.3, -0.25) is 9.69 Å². The van der Waals surface area contributed by atoms with Crippen LogP contribution in [0, 0.1) is 5.41 Å². The number of nitrogens with one attached hydrogen (secondary N) is 1. The summed E-state index contributed by atoms with van der Waals surface area (Å²) in [6, 6.07) is -0.774. The van der Waals surface area contributed by atoms with Gasteiger partial charge in [0.25, 0.3) is 0 Å². The lowest BCUT2D eigenvalue weighted by Gasteiger charge is -2.32. The number of likely N-dealkylation sites (tertiary alicyclic amines) is 1. The first-order valence-corrected chi connectivity index (χ1v) is 7.54. The van der Waals surface area contributed by atoms with Gasteiger partial charge in [0, 0.05) is 13.1 Å². The van der Waals surface area contributed by atoms with Gasteiger partial charge in [0.1, 0.15) is 11.6 Å². The van der Waals surface area contributed by atoms with E-state index in [9.17, 15) is 14.4 Å². The van der Waals surface area contributed by atoms with Crippen LogP contribution in [0.25, 0.3) is 0 Å². The molecule has 1 spiro atoms. The third kappa shape index (κ3) is 3.18. The van der Waals surface area contributed by atoms with Crippen molar-refractivity contribution >= 4 is 18.0 Å². The van der Waals surface area contributed by atoms with E-state index in [2.05, 4.69) is 5.32 Å². The highest BCUT2D eigenvalue weighted by Gasteiger charge is 2.54. The summed E-state index contributed by atoms with van der Waals surface area (Å²) >= 11 is 0. The highest BCUT2D eigenvalue weighted by molar-refractivity contribution is 5.89. The SMILES string of the molecule is COC(=O)[C@@H]1C[C@@]2(CCCNC2=O)CN1C(=O)OC(C)(C)C. The fraction of sp³-hybridized carbons (Fsp3) is 0.800. The molecule has 2 aliphatic rings. The lowest BCUT2D eigenvalue weighted by molar-refractivity contribution is -0.145. The predicted octanol–water partition coefficient (Wildman–Crippen LogP) is 1.07. The Labute approximate surface area is 130 Å². The van der Waals surface area contributed by atoms with Crippen molar-refractivity contribution in [3.05, 3.63) is 0 Å². The van der Waals surface area contributed by atoms with Gasteiger partial charge in [0.2, 0.25) is 5.91 Å². The lowest BCUT2D eigenvalue weighted by atomic mass is 9.78. The van der Waals surface area contributed by atoms with E-state index in [4.69, 9.17) is 9.47 Å². The van der Waals surface area contributed by atoms with Gasteiger partial charge in [-0.25, -0.2) is 9.59 Å². The molecule has 0 aliphatic carbocycles. The Morgan fingerprint density at radius 3 is 2.59 bits per heavy atom. The van der Waals surface area contributed by atoms with Gasteiger partial charge < -0.3 is 14.8 Å². The number of esters is 1. The number of methoxy groups -OCH3 is 1. The first-order chi connectivity index (χ1) is 10.2. The number of hydrogen-bond donors (Lipinski definition) is 1. The van der Waals surface area contributed by atoms with Crippen molar-refractivity contribution in [2.75, 3.05) is 20.2 Å². The molecule has 2 heterocycles. The van der Waals surface area contributed by atoms with Gasteiger partial charge in [-0.1, -0.05) is 0 Å². The molecule has 2 rings (SSSR count). The quantitative estimate of drug-likeness (QED) is 0.732. The van der Waals surface area contributed by atoms with Crippen LogP contribution in [0.1, 0.15) is 40.0 Å². The first kappa shape index (κ1) is 16.6. The fourth-order valence-electron chi connectivity index (χ4n) is 3.12. The Morgan fingerprint density at radius 1 is 1.36 bits per heavy atom. The molecule has 0 aromatic rings. The van der Waals surface area contributed by atoms with E-state index in [1.165, 1.54) is 12.0 Å². The zero-order valence-electron chi connectivity index (χ0n) is 13.6. The third-order valence-electron chi connectivity index (χ3n) is 4.13. The maximum atomic E-state index is 12.4. The van der Waals surface area contributed by atoms with E-state index in [-0.39, 0.29) is 18.9 Å². The molecular weight excluding hydrogens is 288 g/mol. The second-order valence-electron chi connectivity index (χ2n) is 6.99. The molecule has 124 valence electrons. The van der Waals surface area contributed by atoms with E-state index in [1.807, 2.05) is 0 Å². The van der Waals surface area contributed by atoms with Gasteiger partial charge in [-0.05, 0) is 40.0 Å².